The van der Waals surface area contributed by atoms with E-state index in [1.165, 1.54) is 12.8 Å². The van der Waals surface area contributed by atoms with Gasteiger partial charge >= 0.3 is 11.9 Å². The molecule has 0 aromatic heterocycles. The molecule has 0 radical (unpaired) electrons. The highest BCUT2D eigenvalue weighted by atomic mass is 16.6. The van der Waals surface area contributed by atoms with Gasteiger partial charge in [0.15, 0.2) is 6.10 Å². The van der Waals surface area contributed by atoms with E-state index in [0.29, 0.717) is 12.8 Å². The van der Waals surface area contributed by atoms with Gasteiger partial charge in [-0.1, -0.05) is 185 Å². The van der Waals surface area contributed by atoms with Crippen LogP contribution in [0.1, 0.15) is 155 Å². The monoisotopic (exact) mass is 797 g/mol. The summed E-state index contributed by atoms with van der Waals surface area (Å²) in [5.41, 5.74) is 0. The Hall–Kier alpha value is -4.22. The van der Waals surface area contributed by atoms with Gasteiger partial charge in [0, 0.05) is 12.8 Å². The Morgan fingerprint density at radius 2 is 0.724 bits per heavy atom. The molecule has 0 spiro atoms. The Bertz CT molecular complexity index is 1310. The Balaban J connectivity index is 3.74. The third-order valence-electron chi connectivity index (χ3n) is 8.64. The standard InChI is InChI=1S/C53H80O5/c1-3-5-7-9-11-13-15-17-19-21-23-24-25-26-27-28-30-32-34-36-38-40-42-44-46-48-53(56)58-51(49-54)50-57-52(55)47-45-43-41-39-37-35-33-31-29-22-20-18-16-14-12-10-8-6-4-2/h5-8,11-14,17-20,23-24,26-27,29-32,35,37,41,43,51,54H,3-4,9-10,15-16,21-22,25,28,33-34,36,38-40,42,44-50H2,1-2H3/b7-5-,8-6-,13-11-,14-12-,19-17-,20-18-,24-23-,27-26-,31-29-,32-30-,37-35-,43-41-. The summed E-state index contributed by atoms with van der Waals surface area (Å²) in [5.74, 6) is -0.722. The maximum atomic E-state index is 12.2. The van der Waals surface area contributed by atoms with Crippen LogP contribution in [0.4, 0.5) is 0 Å². The molecule has 5 nitrogen and oxygen atoms in total. The van der Waals surface area contributed by atoms with E-state index in [9.17, 15) is 14.7 Å². The molecule has 0 aliphatic rings. The molecule has 1 unspecified atom stereocenters. The van der Waals surface area contributed by atoms with Crippen LogP contribution in [0.25, 0.3) is 0 Å². The number of aliphatic hydroxyl groups excluding tert-OH is 1. The average molecular weight is 797 g/mol. The lowest BCUT2D eigenvalue weighted by Gasteiger charge is -2.15. The van der Waals surface area contributed by atoms with Gasteiger partial charge in [0.05, 0.1) is 6.61 Å². The minimum Gasteiger partial charge on any atom is -0.462 e. The molecule has 322 valence electrons. The van der Waals surface area contributed by atoms with Gasteiger partial charge in [-0.25, -0.2) is 0 Å². The molecule has 1 N–H and O–H groups in total. The molecule has 0 heterocycles. The van der Waals surface area contributed by atoms with Crippen molar-refractivity contribution in [1.82, 2.24) is 0 Å². The van der Waals surface area contributed by atoms with Gasteiger partial charge in [-0.3, -0.25) is 9.59 Å². The minimum atomic E-state index is -0.823. The number of esters is 2. The first-order chi connectivity index (χ1) is 28.6. The molecule has 58 heavy (non-hydrogen) atoms. The Morgan fingerprint density at radius 1 is 0.397 bits per heavy atom. The van der Waals surface area contributed by atoms with Crippen molar-refractivity contribution >= 4 is 11.9 Å². The number of ether oxygens (including phenoxy) is 2. The fourth-order valence-electron chi connectivity index (χ4n) is 5.35. The van der Waals surface area contributed by atoms with Gasteiger partial charge in [-0.15, -0.1) is 0 Å². The molecule has 0 aromatic carbocycles. The van der Waals surface area contributed by atoms with Crippen LogP contribution in [0, 0.1) is 0 Å². The van der Waals surface area contributed by atoms with Crippen LogP contribution in [0.15, 0.2) is 146 Å². The lowest BCUT2D eigenvalue weighted by atomic mass is 10.1. The second-order valence-corrected chi connectivity index (χ2v) is 14.0. The summed E-state index contributed by atoms with van der Waals surface area (Å²) < 4.78 is 10.6. The molecule has 0 amide bonds. The fraction of sp³-hybridized carbons (Fsp3) is 0.509. The summed E-state index contributed by atoms with van der Waals surface area (Å²) >= 11 is 0. The Labute approximate surface area is 355 Å². The van der Waals surface area contributed by atoms with Gasteiger partial charge in [0.1, 0.15) is 6.61 Å². The maximum Gasteiger partial charge on any atom is 0.306 e. The molecular formula is C53H80O5. The van der Waals surface area contributed by atoms with Crippen LogP contribution in [0.3, 0.4) is 0 Å². The Kier molecular flexibility index (Phi) is 43.7. The van der Waals surface area contributed by atoms with Crippen LogP contribution >= 0.6 is 0 Å². The number of aliphatic hydroxyl groups is 1. The SMILES string of the molecule is CC/C=C\C/C=C\C/C=C\C/C=C\C/C=C\C/C=C\CCCCCCCCC(=O)OC(CO)COC(=O)CC/C=C\C/C=C\C/C=C\C/C=C\C/C=C\C/C=C\CC. The number of carbonyl (C=O) groups is 2. The second-order valence-electron chi connectivity index (χ2n) is 14.0. The van der Waals surface area contributed by atoms with E-state index in [1.807, 2.05) is 12.2 Å². The zero-order valence-corrected chi connectivity index (χ0v) is 36.5. The summed E-state index contributed by atoms with van der Waals surface area (Å²) in [5, 5.41) is 9.59. The zero-order chi connectivity index (χ0) is 42.1. The van der Waals surface area contributed by atoms with Gasteiger partial charge in [0.25, 0.3) is 0 Å². The summed E-state index contributed by atoms with van der Waals surface area (Å²) in [6, 6.07) is 0. The molecule has 0 saturated carbocycles. The van der Waals surface area contributed by atoms with Crippen molar-refractivity contribution in [3.63, 3.8) is 0 Å². The summed E-state index contributed by atoms with van der Waals surface area (Å²) in [6.07, 6.45) is 72.1. The highest BCUT2D eigenvalue weighted by Crippen LogP contribution is 2.11. The molecule has 0 aromatic rings. The van der Waals surface area contributed by atoms with Gasteiger partial charge in [-0.05, 0) is 103 Å². The van der Waals surface area contributed by atoms with Gasteiger partial charge in [0.2, 0.25) is 0 Å². The van der Waals surface area contributed by atoms with Crippen LogP contribution in [0.5, 0.6) is 0 Å². The highest BCUT2D eigenvalue weighted by molar-refractivity contribution is 5.70. The molecule has 0 saturated heterocycles. The lowest BCUT2D eigenvalue weighted by molar-refractivity contribution is -0.161. The number of rotatable bonds is 38. The number of hydrogen-bond donors (Lipinski definition) is 1. The van der Waals surface area contributed by atoms with Gasteiger partial charge in [-0.2, -0.15) is 0 Å². The van der Waals surface area contributed by atoms with Crippen molar-refractivity contribution in [2.75, 3.05) is 13.2 Å². The molecule has 1 atom stereocenters. The average Bonchev–Trinajstić information content (AvgIpc) is 3.23. The number of carbonyl (C=O) groups excluding carboxylic acids is 2. The quantitative estimate of drug-likeness (QED) is 0.0383. The van der Waals surface area contributed by atoms with Crippen LogP contribution < -0.4 is 0 Å². The highest BCUT2D eigenvalue weighted by Gasteiger charge is 2.15. The minimum absolute atomic E-state index is 0.123. The van der Waals surface area contributed by atoms with E-state index in [-0.39, 0.29) is 31.6 Å². The number of unbranched alkanes of at least 4 members (excludes halogenated alkanes) is 6. The predicted octanol–water partition coefficient (Wildman–Crippen LogP) is 14.7. The van der Waals surface area contributed by atoms with E-state index in [4.69, 9.17) is 9.47 Å². The Morgan fingerprint density at radius 3 is 1.10 bits per heavy atom. The summed E-state index contributed by atoms with van der Waals surface area (Å²) in [7, 11) is 0. The molecule has 0 fully saturated rings. The van der Waals surface area contributed by atoms with Crippen molar-refractivity contribution in [3.05, 3.63) is 146 Å². The van der Waals surface area contributed by atoms with Crippen molar-refractivity contribution < 1.29 is 24.2 Å². The normalized spacial score (nSPS) is 13.6. The van der Waals surface area contributed by atoms with Crippen LogP contribution in [0.2, 0.25) is 0 Å². The van der Waals surface area contributed by atoms with Crippen molar-refractivity contribution in [2.24, 2.45) is 0 Å². The first kappa shape index (κ1) is 53.8. The fourth-order valence-corrected chi connectivity index (χ4v) is 5.35. The number of hydrogen-bond acceptors (Lipinski definition) is 5. The van der Waals surface area contributed by atoms with Crippen LogP contribution in [-0.2, 0) is 19.1 Å². The number of allylic oxidation sites excluding steroid dienone is 24. The molecular weight excluding hydrogens is 717 g/mol. The third kappa shape index (κ3) is 44.5. The second kappa shape index (κ2) is 47.2. The van der Waals surface area contributed by atoms with Gasteiger partial charge < -0.3 is 14.6 Å². The molecule has 0 bridgehead atoms. The largest absolute Gasteiger partial charge is 0.462 e. The molecule has 0 rings (SSSR count). The van der Waals surface area contributed by atoms with E-state index >= 15 is 0 Å². The van der Waals surface area contributed by atoms with E-state index < -0.39 is 6.10 Å². The van der Waals surface area contributed by atoms with E-state index in [0.717, 1.165) is 109 Å². The predicted molar refractivity (Wildman–Crippen MR) is 251 cm³/mol. The lowest BCUT2D eigenvalue weighted by Crippen LogP contribution is -2.28. The first-order valence-electron chi connectivity index (χ1n) is 22.4. The van der Waals surface area contributed by atoms with E-state index in [1.54, 1.807) is 0 Å². The van der Waals surface area contributed by atoms with Crippen molar-refractivity contribution in [2.45, 2.75) is 161 Å². The summed E-state index contributed by atoms with van der Waals surface area (Å²) in [4.78, 5) is 24.3. The molecule has 0 aliphatic carbocycles. The van der Waals surface area contributed by atoms with E-state index in [2.05, 4.69) is 148 Å². The molecule has 0 aliphatic heterocycles. The molecule has 5 heteroatoms. The van der Waals surface area contributed by atoms with Crippen molar-refractivity contribution in [1.29, 1.82) is 0 Å². The van der Waals surface area contributed by atoms with Crippen molar-refractivity contribution in [3.8, 4) is 0 Å². The summed E-state index contributed by atoms with van der Waals surface area (Å²) in [6.45, 7) is 3.81. The third-order valence-corrected chi connectivity index (χ3v) is 8.64. The first-order valence-corrected chi connectivity index (χ1v) is 22.4. The smallest absolute Gasteiger partial charge is 0.306 e. The zero-order valence-electron chi connectivity index (χ0n) is 36.5. The van der Waals surface area contributed by atoms with Crippen LogP contribution in [-0.4, -0.2) is 36.4 Å². The maximum absolute atomic E-state index is 12.2. The topological polar surface area (TPSA) is 72.8 Å².